The molecule has 2 aromatic carbocycles. The number of amides is 2. The van der Waals surface area contributed by atoms with E-state index in [9.17, 15) is 14.9 Å². The molecule has 0 aromatic heterocycles. The molecule has 0 spiro atoms. The summed E-state index contributed by atoms with van der Waals surface area (Å²) >= 11 is 0. The number of piperazine rings is 1. The normalized spacial score (nSPS) is 18.9. The van der Waals surface area contributed by atoms with Crippen molar-refractivity contribution >= 4 is 11.8 Å². The molecule has 2 aromatic rings. The Labute approximate surface area is 188 Å². The maximum absolute atomic E-state index is 13.3. The lowest BCUT2D eigenvalue weighted by atomic mass is 10.1. The average molecular weight is 433 g/mol. The highest BCUT2D eigenvalue weighted by Gasteiger charge is 2.37. The van der Waals surface area contributed by atoms with E-state index in [1.165, 1.54) is 0 Å². The van der Waals surface area contributed by atoms with E-state index in [0.717, 1.165) is 25.1 Å². The summed E-state index contributed by atoms with van der Waals surface area (Å²) in [6.45, 7) is 3.98. The fraction of sp³-hybridized carbons (Fsp3) is 0.400. The Bertz CT molecular complexity index is 1020. The number of nitriles is 1. The molecule has 32 heavy (non-hydrogen) atoms. The Morgan fingerprint density at radius 1 is 1.06 bits per heavy atom. The zero-order valence-electron chi connectivity index (χ0n) is 18.4. The van der Waals surface area contributed by atoms with Crippen LogP contribution in [0.2, 0.25) is 0 Å². The van der Waals surface area contributed by atoms with Crippen molar-refractivity contribution in [1.29, 1.82) is 5.26 Å². The number of benzene rings is 2. The molecule has 2 saturated heterocycles. The van der Waals surface area contributed by atoms with Crippen LogP contribution in [-0.2, 0) is 11.4 Å². The number of ether oxygens (including phenoxy) is 1. The summed E-state index contributed by atoms with van der Waals surface area (Å²) in [5.41, 5.74) is 1.88. The van der Waals surface area contributed by atoms with E-state index in [1.54, 1.807) is 35.2 Å². The van der Waals surface area contributed by atoms with E-state index in [4.69, 9.17) is 4.74 Å². The molecule has 2 amide bonds. The summed E-state index contributed by atoms with van der Waals surface area (Å²) in [5, 5.41) is 9.24. The Morgan fingerprint density at radius 3 is 2.62 bits per heavy atom. The quantitative estimate of drug-likeness (QED) is 0.726. The molecule has 1 unspecified atom stereocenters. The highest BCUT2D eigenvalue weighted by Crippen LogP contribution is 2.24. The van der Waals surface area contributed by atoms with Gasteiger partial charge in [-0.15, -0.1) is 0 Å². The first-order chi connectivity index (χ1) is 15.6. The summed E-state index contributed by atoms with van der Waals surface area (Å²) < 4.78 is 5.87. The minimum atomic E-state index is -0.391. The maximum Gasteiger partial charge on any atom is 0.254 e. The van der Waals surface area contributed by atoms with Gasteiger partial charge in [-0.3, -0.25) is 9.59 Å². The Hall–Kier alpha value is -3.37. The first-order valence-electron chi connectivity index (χ1n) is 11.1. The fourth-order valence-corrected chi connectivity index (χ4v) is 4.31. The van der Waals surface area contributed by atoms with Crippen molar-refractivity contribution in [3.05, 3.63) is 65.2 Å². The van der Waals surface area contributed by atoms with Crippen molar-refractivity contribution in [2.45, 2.75) is 25.5 Å². The fourth-order valence-electron chi connectivity index (χ4n) is 4.31. The molecular formula is C25H28N4O3. The third-order valence-corrected chi connectivity index (χ3v) is 6.23. The molecular weight excluding hydrogens is 404 g/mol. The van der Waals surface area contributed by atoms with Gasteiger partial charge in [0.25, 0.3) is 5.91 Å². The maximum atomic E-state index is 13.3. The first kappa shape index (κ1) is 21.8. The highest BCUT2D eigenvalue weighted by atomic mass is 16.5. The SMILES string of the molecule is CN1CCN(C(=O)C2CCCN2C(=O)c2cccc(OCc3ccccc3C#N)c2)CC1. The molecule has 0 N–H and O–H groups in total. The Morgan fingerprint density at radius 2 is 1.84 bits per heavy atom. The Balaban J connectivity index is 1.43. The molecule has 7 nitrogen and oxygen atoms in total. The molecule has 0 saturated carbocycles. The summed E-state index contributed by atoms with van der Waals surface area (Å²) in [4.78, 5) is 32.2. The minimum absolute atomic E-state index is 0.0597. The van der Waals surface area contributed by atoms with Crippen molar-refractivity contribution in [3.63, 3.8) is 0 Å². The number of hydrogen-bond donors (Lipinski definition) is 0. The predicted octanol–water partition coefficient (Wildman–Crippen LogP) is 2.52. The van der Waals surface area contributed by atoms with Gasteiger partial charge in [0, 0.05) is 43.9 Å². The average Bonchev–Trinajstić information content (AvgIpc) is 3.32. The number of carbonyl (C=O) groups excluding carboxylic acids is 2. The number of likely N-dealkylation sites (tertiary alicyclic amines) is 1. The van der Waals surface area contributed by atoms with E-state index < -0.39 is 6.04 Å². The van der Waals surface area contributed by atoms with Crippen LogP contribution >= 0.6 is 0 Å². The van der Waals surface area contributed by atoms with Crippen LogP contribution in [0.5, 0.6) is 5.75 Å². The van der Waals surface area contributed by atoms with Gasteiger partial charge in [0.2, 0.25) is 5.91 Å². The van der Waals surface area contributed by atoms with E-state index >= 15 is 0 Å². The van der Waals surface area contributed by atoms with Gasteiger partial charge in [-0.2, -0.15) is 5.26 Å². The molecule has 4 rings (SSSR count). The zero-order valence-corrected chi connectivity index (χ0v) is 18.4. The van der Waals surface area contributed by atoms with Crippen LogP contribution in [0.4, 0.5) is 0 Å². The van der Waals surface area contributed by atoms with Crippen molar-refractivity contribution in [1.82, 2.24) is 14.7 Å². The topological polar surface area (TPSA) is 76.9 Å². The summed E-state index contributed by atoms with van der Waals surface area (Å²) in [7, 11) is 2.06. The lowest BCUT2D eigenvalue weighted by molar-refractivity contribution is -0.136. The van der Waals surface area contributed by atoms with Gasteiger partial charge in [0.05, 0.1) is 11.6 Å². The van der Waals surface area contributed by atoms with Crippen molar-refractivity contribution in [2.75, 3.05) is 39.8 Å². The van der Waals surface area contributed by atoms with E-state index in [1.807, 2.05) is 23.1 Å². The standard InChI is InChI=1S/C25H28N4O3/c1-27-12-14-28(15-13-27)25(31)23-10-5-11-29(23)24(30)19-8-4-9-22(16-19)32-18-21-7-3-2-6-20(21)17-26/h2-4,6-9,16,23H,5,10-15,18H2,1H3. The number of likely N-dealkylation sites (N-methyl/N-ethyl adjacent to an activating group) is 1. The van der Waals surface area contributed by atoms with Crippen LogP contribution in [0.3, 0.4) is 0 Å². The number of nitrogens with zero attached hydrogens (tertiary/aromatic N) is 4. The van der Waals surface area contributed by atoms with Crippen LogP contribution in [0.1, 0.15) is 34.3 Å². The molecule has 7 heteroatoms. The van der Waals surface area contributed by atoms with Gasteiger partial charge < -0.3 is 19.4 Å². The molecule has 2 aliphatic heterocycles. The van der Waals surface area contributed by atoms with Gasteiger partial charge in [0.15, 0.2) is 0 Å². The van der Waals surface area contributed by atoms with E-state index in [-0.39, 0.29) is 18.4 Å². The number of hydrogen-bond acceptors (Lipinski definition) is 5. The first-order valence-corrected chi connectivity index (χ1v) is 11.1. The third-order valence-electron chi connectivity index (χ3n) is 6.23. The van der Waals surface area contributed by atoms with E-state index in [2.05, 4.69) is 18.0 Å². The Kier molecular flexibility index (Phi) is 6.72. The van der Waals surface area contributed by atoms with Gasteiger partial charge in [-0.1, -0.05) is 24.3 Å². The van der Waals surface area contributed by atoms with Gasteiger partial charge in [0.1, 0.15) is 18.4 Å². The van der Waals surface area contributed by atoms with Crippen LogP contribution < -0.4 is 4.74 Å². The molecule has 2 aliphatic rings. The van der Waals surface area contributed by atoms with Crippen LogP contribution in [0.15, 0.2) is 48.5 Å². The van der Waals surface area contributed by atoms with Crippen molar-refractivity contribution < 1.29 is 14.3 Å². The van der Waals surface area contributed by atoms with Gasteiger partial charge in [-0.25, -0.2) is 0 Å². The zero-order chi connectivity index (χ0) is 22.5. The van der Waals surface area contributed by atoms with Crippen LogP contribution in [0, 0.1) is 11.3 Å². The molecule has 1 atom stereocenters. The van der Waals surface area contributed by atoms with Crippen molar-refractivity contribution in [3.8, 4) is 11.8 Å². The predicted molar refractivity (Wildman–Crippen MR) is 120 cm³/mol. The summed E-state index contributed by atoms with van der Waals surface area (Å²) in [6, 6.07) is 16.1. The third kappa shape index (κ3) is 4.76. The number of rotatable bonds is 5. The second kappa shape index (κ2) is 9.84. The second-order valence-electron chi connectivity index (χ2n) is 8.37. The molecule has 2 heterocycles. The largest absolute Gasteiger partial charge is 0.489 e. The summed E-state index contributed by atoms with van der Waals surface area (Å²) in [6.07, 6.45) is 1.54. The lowest BCUT2D eigenvalue weighted by Crippen LogP contribution is -2.53. The molecule has 0 bridgehead atoms. The smallest absolute Gasteiger partial charge is 0.254 e. The van der Waals surface area contributed by atoms with E-state index in [0.29, 0.717) is 42.9 Å². The molecule has 166 valence electrons. The molecule has 2 fully saturated rings. The monoisotopic (exact) mass is 432 g/mol. The van der Waals surface area contributed by atoms with Gasteiger partial charge >= 0.3 is 0 Å². The summed E-state index contributed by atoms with van der Waals surface area (Å²) in [5.74, 6) is 0.479. The highest BCUT2D eigenvalue weighted by molar-refractivity contribution is 5.98. The number of carbonyl (C=O) groups is 2. The van der Waals surface area contributed by atoms with Crippen LogP contribution in [-0.4, -0.2) is 72.3 Å². The van der Waals surface area contributed by atoms with Gasteiger partial charge in [-0.05, 0) is 44.2 Å². The molecule has 0 radical (unpaired) electrons. The van der Waals surface area contributed by atoms with Crippen LogP contribution in [0.25, 0.3) is 0 Å². The van der Waals surface area contributed by atoms with Crippen molar-refractivity contribution in [2.24, 2.45) is 0 Å². The second-order valence-corrected chi connectivity index (χ2v) is 8.37. The minimum Gasteiger partial charge on any atom is -0.489 e. The lowest BCUT2D eigenvalue weighted by Gasteiger charge is -2.35. The molecule has 0 aliphatic carbocycles.